The predicted octanol–water partition coefficient (Wildman–Crippen LogP) is 3.32. The highest BCUT2D eigenvalue weighted by atomic mass is 16.5. The Labute approximate surface area is 160 Å². The summed E-state index contributed by atoms with van der Waals surface area (Å²) in [6.45, 7) is 3.65. The fourth-order valence-electron chi connectivity index (χ4n) is 3.51. The highest BCUT2D eigenvalue weighted by Crippen LogP contribution is 2.17. The van der Waals surface area contributed by atoms with E-state index in [0.29, 0.717) is 0 Å². The van der Waals surface area contributed by atoms with Crippen molar-refractivity contribution in [3.8, 4) is 11.4 Å². The van der Waals surface area contributed by atoms with Gasteiger partial charge in [0.05, 0.1) is 25.5 Å². The van der Waals surface area contributed by atoms with Crippen molar-refractivity contribution in [1.82, 2.24) is 14.7 Å². The van der Waals surface area contributed by atoms with Crippen LogP contribution in [0.15, 0.2) is 67.0 Å². The second-order valence-electron chi connectivity index (χ2n) is 6.90. The number of benzene rings is 2. The van der Waals surface area contributed by atoms with Gasteiger partial charge >= 0.3 is 0 Å². The molecule has 1 aromatic heterocycles. The summed E-state index contributed by atoms with van der Waals surface area (Å²) in [5, 5.41) is 4.27. The average Bonchev–Trinajstić information content (AvgIpc) is 3.24. The maximum atomic E-state index is 5.99. The van der Waals surface area contributed by atoms with E-state index in [9.17, 15) is 0 Å². The van der Waals surface area contributed by atoms with Crippen LogP contribution in [0.2, 0.25) is 0 Å². The number of ether oxygens (including phenoxy) is 2. The van der Waals surface area contributed by atoms with Gasteiger partial charge in [0.1, 0.15) is 5.75 Å². The molecule has 140 valence electrons. The molecule has 27 heavy (non-hydrogen) atoms. The third-order valence-electron chi connectivity index (χ3n) is 4.96. The summed E-state index contributed by atoms with van der Waals surface area (Å²) in [6, 6.07) is 18.8. The molecule has 2 aromatic carbocycles. The van der Waals surface area contributed by atoms with Gasteiger partial charge in [0.2, 0.25) is 0 Å². The van der Waals surface area contributed by atoms with Crippen molar-refractivity contribution in [2.45, 2.75) is 19.1 Å². The quantitative estimate of drug-likeness (QED) is 0.674. The van der Waals surface area contributed by atoms with Crippen LogP contribution in [0.5, 0.6) is 5.75 Å². The number of methoxy groups -OCH3 is 1. The molecule has 1 fully saturated rings. The lowest BCUT2D eigenvalue weighted by molar-refractivity contribution is -0.0305. The van der Waals surface area contributed by atoms with Gasteiger partial charge in [0.15, 0.2) is 0 Å². The van der Waals surface area contributed by atoms with Gasteiger partial charge in [-0.05, 0) is 47.9 Å². The standard InChI is InChI=1S/C22H25N3O2/c1-26-21-9-5-18(6-10-21)15-22-17-24(13-14-27-22)16-19-3-7-20(8-4-19)25-12-2-11-23-25/h2-12,22H,13-17H2,1H3/t22-/m1/s1. The number of nitrogens with zero attached hydrogens (tertiary/aromatic N) is 3. The maximum absolute atomic E-state index is 5.99. The van der Waals surface area contributed by atoms with Gasteiger partial charge in [-0.15, -0.1) is 0 Å². The zero-order valence-corrected chi connectivity index (χ0v) is 15.6. The van der Waals surface area contributed by atoms with E-state index >= 15 is 0 Å². The van der Waals surface area contributed by atoms with Gasteiger partial charge in [-0.3, -0.25) is 4.90 Å². The van der Waals surface area contributed by atoms with Crippen molar-refractivity contribution in [3.63, 3.8) is 0 Å². The molecule has 1 atom stereocenters. The molecule has 3 aromatic rings. The van der Waals surface area contributed by atoms with E-state index in [-0.39, 0.29) is 6.10 Å². The van der Waals surface area contributed by atoms with Crippen LogP contribution in [0.25, 0.3) is 5.69 Å². The number of hydrogen-bond acceptors (Lipinski definition) is 4. The molecule has 2 heterocycles. The summed E-state index contributed by atoms with van der Waals surface area (Å²) in [5.41, 5.74) is 3.69. The Morgan fingerprint density at radius 3 is 2.56 bits per heavy atom. The predicted molar refractivity (Wildman–Crippen MR) is 105 cm³/mol. The largest absolute Gasteiger partial charge is 0.497 e. The lowest BCUT2D eigenvalue weighted by Crippen LogP contribution is -2.42. The molecule has 0 amide bonds. The lowest BCUT2D eigenvalue weighted by atomic mass is 10.1. The van der Waals surface area contributed by atoms with Gasteiger partial charge in [-0.25, -0.2) is 4.68 Å². The van der Waals surface area contributed by atoms with Crippen molar-refractivity contribution in [3.05, 3.63) is 78.1 Å². The van der Waals surface area contributed by atoms with Crippen molar-refractivity contribution < 1.29 is 9.47 Å². The van der Waals surface area contributed by atoms with E-state index in [0.717, 1.165) is 44.1 Å². The summed E-state index contributed by atoms with van der Waals surface area (Å²) in [5.74, 6) is 0.892. The first-order valence-electron chi connectivity index (χ1n) is 9.36. The maximum Gasteiger partial charge on any atom is 0.118 e. The summed E-state index contributed by atoms with van der Waals surface area (Å²) >= 11 is 0. The molecule has 0 bridgehead atoms. The topological polar surface area (TPSA) is 39.5 Å². The van der Waals surface area contributed by atoms with E-state index in [1.165, 1.54) is 11.1 Å². The first-order chi connectivity index (χ1) is 13.3. The minimum atomic E-state index is 0.232. The molecule has 1 aliphatic rings. The monoisotopic (exact) mass is 363 g/mol. The fourth-order valence-corrected chi connectivity index (χ4v) is 3.51. The Hall–Kier alpha value is -2.63. The third kappa shape index (κ3) is 4.56. The minimum absolute atomic E-state index is 0.232. The van der Waals surface area contributed by atoms with Gasteiger partial charge in [0, 0.05) is 32.0 Å². The summed E-state index contributed by atoms with van der Waals surface area (Å²) in [6.07, 6.45) is 4.92. The van der Waals surface area contributed by atoms with Crippen molar-refractivity contribution in [2.24, 2.45) is 0 Å². The Kier molecular flexibility index (Phi) is 5.51. The molecule has 0 aliphatic carbocycles. The molecule has 5 heteroatoms. The number of hydrogen-bond donors (Lipinski definition) is 0. The molecule has 1 saturated heterocycles. The Bertz CT molecular complexity index is 829. The van der Waals surface area contributed by atoms with Crippen LogP contribution in [-0.2, 0) is 17.7 Å². The molecule has 5 nitrogen and oxygen atoms in total. The van der Waals surface area contributed by atoms with Crippen LogP contribution >= 0.6 is 0 Å². The Balaban J connectivity index is 1.34. The summed E-state index contributed by atoms with van der Waals surface area (Å²) in [7, 11) is 1.69. The first kappa shape index (κ1) is 17.8. The molecule has 0 radical (unpaired) electrons. The molecule has 1 aliphatic heterocycles. The van der Waals surface area contributed by atoms with Crippen LogP contribution in [0.1, 0.15) is 11.1 Å². The Morgan fingerprint density at radius 2 is 1.85 bits per heavy atom. The van der Waals surface area contributed by atoms with E-state index in [4.69, 9.17) is 9.47 Å². The van der Waals surface area contributed by atoms with Crippen molar-refractivity contribution in [2.75, 3.05) is 26.8 Å². The van der Waals surface area contributed by atoms with E-state index in [2.05, 4.69) is 46.4 Å². The molecule has 0 unspecified atom stereocenters. The number of morpholine rings is 1. The lowest BCUT2D eigenvalue weighted by Gasteiger charge is -2.33. The number of rotatable bonds is 6. The van der Waals surface area contributed by atoms with Crippen LogP contribution in [0, 0.1) is 0 Å². The van der Waals surface area contributed by atoms with Gasteiger partial charge in [-0.1, -0.05) is 24.3 Å². The summed E-state index contributed by atoms with van der Waals surface area (Å²) < 4.78 is 13.1. The SMILES string of the molecule is COc1ccc(C[C@@H]2CN(Cc3ccc(-n4cccn4)cc3)CCO2)cc1. The molecule has 4 rings (SSSR count). The molecule has 0 saturated carbocycles. The van der Waals surface area contributed by atoms with Crippen LogP contribution in [0.3, 0.4) is 0 Å². The van der Waals surface area contributed by atoms with Gasteiger partial charge in [-0.2, -0.15) is 5.10 Å². The molecular formula is C22H25N3O2. The highest BCUT2D eigenvalue weighted by Gasteiger charge is 2.21. The zero-order chi connectivity index (χ0) is 18.5. The van der Waals surface area contributed by atoms with Crippen molar-refractivity contribution in [1.29, 1.82) is 0 Å². The van der Waals surface area contributed by atoms with Crippen LogP contribution in [-0.4, -0.2) is 47.6 Å². The van der Waals surface area contributed by atoms with Gasteiger partial charge < -0.3 is 9.47 Å². The van der Waals surface area contributed by atoms with E-state index in [1.54, 1.807) is 13.3 Å². The Morgan fingerprint density at radius 1 is 1.07 bits per heavy atom. The fraction of sp³-hybridized carbons (Fsp3) is 0.318. The van der Waals surface area contributed by atoms with Crippen LogP contribution in [0.4, 0.5) is 0 Å². The first-order valence-corrected chi connectivity index (χ1v) is 9.36. The molecule has 0 N–H and O–H groups in total. The highest BCUT2D eigenvalue weighted by molar-refractivity contribution is 5.33. The number of aromatic nitrogens is 2. The van der Waals surface area contributed by atoms with E-state index < -0.39 is 0 Å². The third-order valence-corrected chi connectivity index (χ3v) is 4.96. The van der Waals surface area contributed by atoms with E-state index in [1.807, 2.05) is 29.1 Å². The average molecular weight is 363 g/mol. The summed E-state index contributed by atoms with van der Waals surface area (Å²) in [4.78, 5) is 2.47. The normalized spacial score (nSPS) is 17.7. The van der Waals surface area contributed by atoms with Crippen LogP contribution < -0.4 is 4.74 Å². The second-order valence-corrected chi connectivity index (χ2v) is 6.90. The smallest absolute Gasteiger partial charge is 0.118 e. The molecular weight excluding hydrogens is 338 g/mol. The minimum Gasteiger partial charge on any atom is -0.497 e. The van der Waals surface area contributed by atoms with Gasteiger partial charge in [0.25, 0.3) is 0 Å². The van der Waals surface area contributed by atoms with Crippen molar-refractivity contribution >= 4 is 0 Å². The zero-order valence-electron chi connectivity index (χ0n) is 15.6. The molecule has 0 spiro atoms. The second kappa shape index (κ2) is 8.37.